The van der Waals surface area contributed by atoms with Crippen LogP contribution in [0.15, 0.2) is 24.3 Å². The van der Waals surface area contributed by atoms with Crippen LogP contribution in [-0.2, 0) is 6.42 Å². The summed E-state index contributed by atoms with van der Waals surface area (Å²) in [5, 5.41) is 12.2. The molecule has 0 atom stereocenters. The van der Waals surface area contributed by atoms with Crippen LogP contribution in [0.3, 0.4) is 0 Å². The van der Waals surface area contributed by atoms with E-state index in [9.17, 15) is 4.79 Å². The van der Waals surface area contributed by atoms with Crippen molar-refractivity contribution >= 4 is 22.4 Å². The first kappa shape index (κ1) is 15.4. The van der Waals surface area contributed by atoms with Gasteiger partial charge in [-0.05, 0) is 43.7 Å². The van der Waals surface area contributed by atoms with Gasteiger partial charge in [0, 0.05) is 12.0 Å². The van der Waals surface area contributed by atoms with Gasteiger partial charge in [0.15, 0.2) is 0 Å². The number of benzene rings is 1. The van der Waals surface area contributed by atoms with Gasteiger partial charge in [-0.25, -0.2) is 0 Å². The highest BCUT2D eigenvalue weighted by Gasteiger charge is 2.10. The smallest absolute Gasteiger partial charge is 0.257 e. The van der Waals surface area contributed by atoms with Crippen molar-refractivity contribution in [2.24, 2.45) is 5.73 Å². The van der Waals surface area contributed by atoms with Crippen LogP contribution in [0, 0.1) is 0 Å². The Balaban J connectivity index is 1.92. The number of amides is 1. The third kappa shape index (κ3) is 4.51. The van der Waals surface area contributed by atoms with E-state index in [1.54, 1.807) is 31.4 Å². The number of ether oxygens (including phenoxy) is 1. The summed E-state index contributed by atoms with van der Waals surface area (Å²) in [5.41, 5.74) is 6.00. The summed E-state index contributed by atoms with van der Waals surface area (Å²) in [7, 11) is 1.59. The molecule has 2 aromatic rings. The number of rotatable bonds is 7. The summed E-state index contributed by atoms with van der Waals surface area (Å²) < 4.78 is 5.06. The third-order valence-corrected chi connectivity index (χ3v) is 3.78. The molecule has 0 spiro atoms. The summed E-state index contributed by atoms with van der Waals surface area (Å²) in [4.78, 5) is 12.1. The number of aryl methyl sites for hydroxylation is 1. The lowest BCUT2D eigenvalue weighted by atomic mass is 10.2. The van der Waals surface area contributed by atoms with Gasteiger partial charge < -0.3 is 10.5 Å². The van der Waals surface area contributed by atoms with Gasteiger partial charge in [0.2, 0.25) is 5.13 Å². The number of unbranched alkanes of at least 4 members (excludes halogenated alkanes) is 1. The third-order valence-electron chi connectivity index (χ3n) is 2.88. The topological polar surface area (TPSA) is 90.1 Å². The molecule has 0 saturated heterocycles. The first-order valence-corrected chi connectivity index (χ1v) is 7.52. The molecule has 112 valence electrons. The Kier molecular flexibility index (Phi) is 5.65. The maximum Gasteiger partial charge on any atom is 0.257 e. The number of hydrogen-bond donors (Lipinski definition) is 2. The van der Waals surface area contributed by atoms with Crippen LogP contribution < -0.4 is 15.8 Å². The number of methoxy groups -OCH3 is 1. The maximum atomic E-state index is 12.1. The van der Waals surface area contributed by atoms with Crippen LogP contribution in [0.2, 0.25) is 0 Å². The van der Waals surface area contributed by atoms with Crippen LogP contribution in [0.25, 0.3) is 0 Å². The van der Waals surface area contributed by atoms with E-state index >= 15 is 0 Å². The SMILES string of the molecule is COc1ccc(C(=O)Nc2nnc(CCCCN)s2)cc1. The highest BCUT2D eigenvalue weighted by atomic mass is 32.1. The molecule has 0 bridgehead atoms. The molecule has 0 unspecified atom stereocenters. The highest BCUT2D eigenvalue weighted by molar-refractivity contribution is 7.15. The van der Waals surface area contributed by atoms with Crippen LogP contribution in [0.4, 0.5) is 5.13 Å². The number of aromatic nitrogens is 2. The second-order valence-electron chi connectivity index (χ2n) is 4.43. The molecule has 21 heavy (non-hydrogen) atoms. The second kappa shape index (κ2) is 7.70. The lowest BCUT2D eigenvalue weighted by Gasteiger charge is -2.02. The van der Waals surface area contributed by atoms with Crippen LogP contribution in [0.5, 0.6) is 5.75 Å². The van der Waals surface area contributed by atoms with E-state index in [0.717, 1.165) is 24.3 Å². The quantitative estimate of drug-likeness (QED) is 0.764. The molecular formula is C14H18N4O2S. The lowest BCUT2D eigenvalue weighted by molar-refractivity contribution is 0.102. The number of carbonyl (C=O) groups excluding carboxylic acids is 1. The van der Waals surface area contributed by atoms with Gasteiger partial charge >= 0.3 is 0 Å². The average molecular weight is 306 g/mol. The largest absolute Gasteiger partial charge is 0.497 e. The van der Waals surface area contributed by atoms with Gasteiger partial charge in [0.05, 0.1) is 7.11 Å². The minimum absolute atomic E-state index is 0.206. The van der Waals surface area contributed by atoms with E-state index in [0.29, 0.717) is 23.0 Å². The molecule has 1 heterocycles. The molecular weight excluding hydrogens is 288 g/mol. The number of anilines is 1. The number of carbonyl (C=O) groups is 1. The molecule has 0 radical (unpaired) electrons. The normalized spacial score (nSPS) is 10.4. The molecule has 6 nitrogen and oxygen atoms in total. The number of nitrogens with zero attached hydrogens (tertiary/aromatic N) is 2. The monoisotopic (exact) mass is 306 g/mol. The molecule has 0 aliphatic carbocycles. The molecule has 1 aromatic carbocycles. The van der Waals surface area contributed by atoms with Crippen molar-refractivity contribution in [3.05, 3.63) is 34.8 Å². The Morgan fingerprint density at radius 1 is 1.29 bits per heavy atom. The number of nitrogens with two attached hydrogens (primary N) is 1. The van der Waals surface area contributed by atoms with Crippen molar-refractivity contribution in [1.82, 2.24) is 10.2 Å². The molecule has 0 fully saturated rings. The fraction of sp³-hybridized carbons (Fsp3) is 0.357. The maximum absolute atomic E-state index is 12.1. The van der Waals surface area contributed by atoms with Gasteiger partial charge in [0.1, 0.15) is 10.8 Å². The molecule has 0 saturated carbocycles. The summed E-state index contributed by atoms with van der Waals surface area (Å²) in [5.74, 6) is 0.506. The van der Waals surface area contributed by atoms with Crippen molar-refractivity contribution in [1.29, 1.82) is 0 Å². The molecule has 1 aromatic heterocycles. The Labute approximate surface area is 127 Å². The Morgan fingerprint density at radius 2 is 2.05 bits per heavy atom. The summed E-state index contributed by atoms with van der Waals surface area (Å²) in [6, 6.07) is 6.90. The van der Waals surface area contributed by atoms with Gasteiger partial charge in [-0.2, -0.15) is 0 Å². The standard InChI is InChI=1S/C14H18N4O2S/c1-20-11-7-5-10(6-8-11)13(19)16-14-18-17-12(21-14)4-2-3-9-15/h5-8H,2-4,9,15H2,1H3,(H,16,18,19). The fourth-order valence-electron chi connectivity index (χ4n) is 1.74. The van der Waals surface area contributed by atoms with Crippen molar-refractivity contribution < 1.29 is 9.53 Å². The van der Waals surface area contributed by atoms with E-state index < -0.39 is 0 Å². The molecule has 3 N–H and O–H groups in total. The molecule has 1 amide bonds. The molecule has 0 aliphatic rings. The minimum Gasteiger partial charge on any atom is -0.497 e. The van der Waals surface area contributed by atoms with Crippen LogP contribution >= 0.6 is 11.3 Å². The summed E-state index contributed by atoms with van der Waals surface area (Å²) >= 11 is 1.39. The van der Waals surface area contributed by atoms with E-state index in [4.69, 9.17) is 10.5 Å². The zero-order chi connectivity index (χ0) is 15.1. The summed E-state index contributed by atoms with van der Waals surface area (Å²) in [6.07, 6.45) is 2.79. The predicted molar refractivity (Wildman–Crippen MR) is 82.8 cm³/mol. The van der Waals surface area contributed by atoms with Crippen molar-refractivity contribution in [3.63, 3.8) is 0 Å². The van der Waals surface area contributed by atoms with Gasteiger partial charge in [-0.3, -0.25) is 10.1 Å². The Morgan fingerprint density at radius 3 is 2.71 bits per heavy atom. The van der Waals surface area contributed by atoms with Crippen LogP contribution in [-0.4, -0.2) is 29.8 Å². The zero-order valence-corrected chi connectivity index (χ0v) is 12.7. The first-order chi connectivity index (χ1) is 10.2. The van der Waals surface area contributed by atoms with Gasteiger partial charge in [-0.15, -0.1) is 10.2 Å². The molecule has 2 rings (SSSR count). The van der Waals surface area contributed by atoms with E-state index in [1.807, 2.05) is 0 Å². The van der Waals surface area contributed by atoms with E-state index in [-0.39, 0.29) is 5.91 Å². The molecule has 0 aliphatic heterocycles. The minimum atomic E-state index is -0.206. The van der Waals surface area contributed by atoms with E-state index in [2.05, 4.69) is 15.5 Å². The van der Waals surface area contributed by atoms with Crippen LogP contribution in [0.1, 0.15) is 28.2 Å². The van der Waals surface area contributed by atoms with Gasteiger partial charge in [0.25, 0.3) is 5.91 Å². The van der Waals surface area contributed by atoms with Crippen molar-refractivity contribution in [2.75, 3.05) is 19.0 Å². The number of nitrogens with one attached hydrogen (secondary N) is 1. The first-order valence-electron chi connectivity index (χ1n) is 6.71. The number of hydrogen-bond acceptors (Lipinski definition) is 6. The molecule has 7 heteroatoms. The fourth-order valence-corrected chi connectivity index (χ4v) is 2.51. The zero-order valence-electron chi connectivity index (χ0n) is 11.8. The highest BCUT2D eigenvalue weighted by Crippen LogP contribution is 2.18. The van der Waals surface area contributed by atoms with Crippen molar-refractivity contribution in [2.45, 2.75) is 19.3 Å². The van der Waals surface area contributed by atoms with Crippen molar-refractivity contribution in [3.8, 4) is 5.75 Å². The predicted octanol–water partition coefficient (Wildman–Crippen LogP) is 2.08. The Bertz CT molecular complexity index is 583. The Hall–Kier alpha value is -1.99. The second-order valence-corrected chi connectivity index (χ2v) is 5.49. The average Bonchev–Trinajstić information content (AvgIpc) is 2.95. The summed E-state index contributed by atoms with van der Waals surface area (Å²) in [6.45, 7) is 0.680. The lowest BCUT2D eigenvalue weighted by Crippen LogP contribution is -2.11. The van der Waals surface area contributed by atoms with E-state index in [1.165, 1.54) is 11.3 Å². The van der Waals surface area contributed by atoms with Gasteiger partial charge in [-0.1, -0.05) is 11.3 Å².